The highest BCUT2D eigenvalue weighted by molar-refractivity contribution is 5.82. The van der Waals surface area contributed by atoms with Gasteiger partial charge in [-0.2, -0.15) is 0 Å². The smallest absolute Gasteiger partial charge is 0.0708 e. The maximum atomic E-state index is 5.51. The molecule has 0 aliphatic carbocycles. The van der Waals surface area contributed by atoms with Gasteiger partial charge in [-0.05, 0) is 63.4 Å². The lowest BCUT2D eigenvalue weighted by atomic mass is 10.0. The molecule has 2 nitrogen and oxygen atoms in total. The minimum absolute atomic E-state index is 0.770. The monoisotopic (exact) mass is 228 g/mol. The first-order valence-electron chi connectivity index (χ1n) is 6.27. The van der Waals surface area contributed by atoms with E-state index < -0.39 is 0 Å². The molecule has 1 heterocycles. The Morgan fingerprint density at radius 2 is 1.94 bits per heavy atom. The van der Waals surface area contributed by atoms with Gasteiger partial charge in [0.2, 0.25) is 0 Å². The molecule has 17 heavy (non-hydrogen) atoms. The van der Waals surface area contributed by atoms with Crippen LogP contribution in [0.25, 0.3) is 10.9 Å². The molecule has 0 fully saturated rings. The molecule has 0 saturated heterocycles. The van der Waals surface area contributed by atoms with Crippen LogP contribution in [0, 0.1) is 13.8 Å². The lowest BCUT2D eigenvalue weighted by Crippen LogP contribution is -2.00. The maximum Gasteiger partial charge on any atom is 0.0708 e. The molecule has 0 atom stereocenters. The van der Waals surface area contributed by atoms with E-state index >= 15 is 0 Å². The summed E-state index contributed by atoms with van der Waals surface area (Å²) in [5.41, 5.74) is 10.4. The van der Waals surface area contributed by atoms with Gasteiger partial charge in [0, 0.05) is 11.1 Å². The first-order valence-corrected chi connectivity index (χ1v) is 6.27. The van der Waals surface area contributed by atoms with Gasteiger partial charge in [0.25, 0.3) is 0 Å². The van der Waals surface area contributed by atoms with Gasteiger partial charge in [-0.15, -0.1) is 0 Å². The molecular weight excluding hydrogens is 208 g/mol. The fraction of sp³-hybridized carbons (Fsp3) is 0.400. The third-order valence-electron chi connectivity index (χ3n) is 3.11. The predicted octanol–water partition coefficient (Wildman–Crippen LogP) is 3.13. The molecule has 2 rings (SSSR count). The molecule has 0 saturated carbocycles. The van der Waals surface area contributed by atoms with Crippen LogP contribution in [0.3, 0.4) is 0 Å². The highest BCUT2D eigenvalue weighted by Gasteiger charge is 2.03. The van der Waals surface area contributed by atoms with Crippen LogP contribution < -0.4 is 5.73 Å². The summed E-state index contributed by atoms with van der Waals surface area (Å²) in [6.07, 6.45) is 3.23. The number of pyridine rings is 1. The quantitative estimate of drug-likeness (QED) is 0.816. The first-order chi connectivity index (χ1) is 8.20. The number of benzene rings is 1. The Balaban J connectivity index is 2.32. The standard InChI is InChI=1S/C15H20N2/c1-11-6-7-15-14(9-11)12(2)10-13(17-15)5-3-4-8-16/h6-7,9-10H,3-5,8,16H2,1-2H3. The van der Waals surface area contributed by atoms with Crippen LogP contribution in [0.2, 0.25) is 0 Å². The molecule has 0 aliphatic rings. The SMILES string of the molecule is Cc1ccc2nc(CCCCN)cc(C)c2c1. The molecule has 0 bridgehead atoms. The van der Waals surface area contributed by atoms with E-state index in [9.17, 15) is 0 Å². The Morgan fingerprint density at radius 1 is 1.12 bits per heavy atom. The second-order valence-corrected chi connectivity index (χ2v) is 4.70. The zero-order valence-corrected chi connectivity index (χ0v) is 10.7. The minimum atomic E-state index is 0.770. The largest absolute Gasteiger partial charge is 0.330 e. The highest BCUT2D eigenvalue weighted by Crippen LogP contribution is 2.20. The maximum absolute atomic E-state index is 5.51. The number of hydrogen-bond acceptors (Lipinski definition) is 2. The zero-order valence-electron chi connectivity index (χ0n) is 10.7. The number of nitrogens with zero attached hydrogens (tertiary/aromatic N) is 1. The van der Waals surface area contributed by atoms with Crippen molar-refractivity contribution in [1.29, 1.82) is 0 Å². The van der Waals surface area contributed by atoms with Crippen LogP contribution in [0.5, 0.6) is 0 Å². The van der Waals surface area contributed by atoms with Crippen LogP contribution in [0.1, 0.15) is 29.7 Å². The van der Waals surface area contributed by atoms with Crippen LogP contribution in [-0.2, 0) is 6.42 Å². The third-order valence-corrected chi connectivity index (χ3v) is 3.11. The summed E-state index contributed by atoms with van der Waals surface area (Å²) in [4.78, 5) is 4.71. The van der Waals surface area contributed by atoms with Crippen LogP contribution in [0.15, 0.2) is 24.3 Å². The van der Waals surface area contributed by atoms with Gasteiger partial charge in [-0.25, -0.2) is 0 Å². The van der Waals surface area contributed by atoms with Gasteiger partial charge in [-0.1, -0.05) is 11.6 Å². The molecule has 2 heteroatoms. The molecule has 0 radical (unpaired) electrons. The number of rotatable bonds is 4. The summed E-state index contributed by atoms with van der Waals surface area (Å²) in [5, 5.41) is 1.27. The van der Waals surface area contributed by atoms with Crippen molar-refractivity contribution >= 4 is 10.9 Å². The molecule has 1 aromatic carbocycles. The van der Waals surface area contributed by atoms with Crippen molar-refractivity contribution in [1.82, 2.24) is 4.98 Å². The van der Waals surface area contributed by atoms with Crippen LogP contribution in [-0.4, -0.2) is 11.5 Å². The molecular formula is C15H20N2. The van der Waals surface area contributed by atoms with Crippen molar-refractivity contribution in [3.05, 3.63) is 41.1 Å². The van der Waals surface area contributed by atoms with Crippen molar-refractivity contribution in [3.63, 3.8) is 0 Å². The second-order valence-electron chi connectivity index (χ2n) is 4.70. The first kappa shape index (κ1) is 12.1. The number of fused-ring (bicyclic) bond motifs is 1. The summed E-state index contributed by atoms with van der Waals surface area (Å²) >= 11 is 0. The summed E-state index contributed by atoms with van der Waals surface area (Å²) in [7, 11) is 0. The van der Waals surface area contributed by atoms with E-state index in [0.717, 1.165) is 31.3 Å². The van der Waals surface area contributed by atoms with Gasteiger partial charge in [-0.3, -0.25) is 4.98 Å². The van der Waals surface area contributed by atoms with E-state index in [1.54, 1.807) is 0 Å². The zero-order chi connectivity index (χ0) is 12.3. The predicted molar refractivity (Wildman–Crippen MR) is 73.2 cm³/mol. The van der Waals surface area contributed by atoms with Gasteiger partial charge < -0.3 is 5.73 Å². The van der Waals surface area contributed by atoms with Crippen LogP contribution >= 0.6 is 0 Å². The summed E-state index contributed by atoms with van der Waals surface area (Å²) in [6, 6.07) is 8.65. The fourth-order valence-electron chi connectivity index (χ4n) is 2.16. The Kier molecular flexibility index (Phi) is 3.75. The number of aryl methyl sites for hydroxylation is 3. The van der Waals surface area contributed by atoms with Crippen molar-refractivity contribution in [3.8, 4) is 0 Å². The molecule has 2 N–H and O–H groups in total. The molecule has 0 unspecified atom stereocenters. The summed E-state index contributed by atoms with van der Waals surface area (Å²) < 4.78 is 0. The van der Waals surface area contributed by atoms with Crippen molar-refractivity contribution < 1.29 is 0 Å². The molecule has 90 valence electrons. The Labute approximate surface area is 103 Å². The van der Waals surface area contributed by atoms with Gasteiger partial charge in [0.05, 0.1) is 5.52 Å². The van der Waals surface area contributed by atoms with E-state index in [1.165, 1.54) is 22.2 Å². The fourth-order valence-corrected chi connectivity index (χ4v) is 2.16. The van der Waals surface area contributed by atoms with Gasteiger partial charge in [0.1, 0.15) is 0 Å². The lowest BCUT2D eigenvalue weighted by Gasteiger charge is -2.07. The van der Waals surface area contributed by atoms with E-state index in [-0.39, 0.29) is 0 Å². The topological polar surface area (TPSA) is 38.9 Å². The molecule has 0 aliphatic heterocycles. The average Bonchev–Trinajstić information content (AvgIpc) is 2.31. The summed E-state index contributed by atoms with van der Waals surface area (Å²) in [5.74, 6) is 0. The van der Waals surface area contributed by atoms with Crippen molar-refractivity contribution in [2.75, 3.05) is 6.54 Å². The number of hydrogen-bond donors (Lipinski definition) is 1. The van der Waals surface area contributed by atoms with Gasteiger partial charge in [0.15, 0.2) is 0 Å². The van der Waals surface area contributed by atoms with Crippen molar-refractivity contribution in [2.45, 2.75) is 33.1 Å². The lowest BCUT2D eigenvalue weighted by molar-refractivity contribution is 0.734. The molecule has 1 aromatic heterocycles. The minimum Gasteiger partial charge on any atom is -0.330 e. The van der Waals surface area contributed by atoms with Gasteiger partial charge >= 0.3 is 0 Å². The number of unbranched alkanes of at least 4 members (excludes halogenated alkanes) is 1. The van der Waals surface area contributed by atoms with Crippen molar-refractivity contribution in [2.24, 2.45) is 5.73 Å². The molecule has 2 aromatic rings. The highest BCUT2D eigenvalue weighted by atomic mass is 14.7. The van der Waals surface area contributed by atoms with E-state index in [0.29, 0.717) is 0 Å². The number of nitrogens with two attached hydrogens (primary N) is 1. The Hall–Kier alpha value is -1.41. The van der Waals surface area contributed by atoms with E-state index in [2.05, 4.69) is 38.1 Å². The molecule has 0 amide bonds. The third kappa shape index (κ3) is 2.83. The Morgan fingerprint density at radius 3 is 2.71 bits per heavy atom. The second kappa shape index (κ2) is 5.28. The number of aromatic nitrogens is 1. The normalized spacial score (nSPS) is 11.0. The van der Waals surface area contributed by atoms with E-state index in [1.807, 2.05) is 0 Å². The van der Waals surface area contributed by atoms with Crippen LogP contribution in [0.4, 0.5) is 0 Å². The Bertz CT molecular complexity index is 518. The summed E-state index contributed by atoms with van der Waals surface area (Å²) in [6.45, 7) is 5.05. The molecule has 0 spiro atoms. The van der Waals surface area contributed by atoms with E-state index in [4.69, 9.17) is 10.7 Å². The average molecular weight is 228 g/mol.